The highest BCUT2D eigenvalue weighted by Crippen LogP contribution is 2.53. The summed E-state index contributed by atoms with van der Waals surface area (Å²) in [5.74, 6) is 1.85. The molecule has 3 heterocycles. The average molecular weight is 749 g/mol. The molecule has 0 saturated heterocycles. The Morgan fingerprint density at radius 2 is 0.895 bits per heavy atom. The molecule has 0 fully saturated rings. The predicted octanol–water partition coefficient (Wildman–Crippen LogP) is 14.0. The summed E-state index contributed by atoms with van der Waals surface area (Å²) in [6, 6.07) is 67.6. The first-order valence-electron chi connectivity index (χ1n) is 18.9. The zero-order chi connectivity index (χ0) is 37.7. The Balaban J connectivity index is 1.04. The van der Waals surface area contributed by atoms with Gasteiger partial charge in [-0.15, -0.1) is 0 Å². The Labute approximate surface area is 334 Å². The van der Waals surface area contributed by atoms with Gasteiger partial charge in [0.05, 0.1) is 11.4 Å². The maximum atomic E-state index is 6.49. The Bertz CT molecular complexity index is 3040. The van der Waals surface area contributed by atoms with Gasteiger partial charge < -0.3 is 9.32 Å². The molecule has 2 aromatic heterocycles. The molecule has 8 aromatic carbocycles. The largest absolute Gasteiger partial charge is 0.456 e. The lowest BCUT2D eigenvalue weighted by Gasteiger charge is -2.33. The van der Waals surface area contributed by atoms with Crippen LogP contribution in [0.4, 0.5) is 17.1 Å². The number of furan rings is 1. The van der Waals surface area contributed by atoms with Crippen molar-refractivity contribution in [2.45, 2.75) is 9.79 Å². The van der Waals surface area contributed by atoms with Crippen LogP contribution in [-0.4, -0.2) is 15.0 Å². The zero-order valence-corrected chi connectivity index (χ0v) is 31.4. The molecule has 0 atom stereocenters. The van der Waals surface area contributed by atoms with E-state index in [1.807, 2.05) is 84.6 Å². The number of benzene rings is 8. The van der Waals surface area contributed by atoms with Crippen LogP contribution < -0.4 is 4.90 Å². The van der Waals surface area contributed by atoms with Crippen LogP contribution >= 0.6 is 11.8 Å². The molecule has 11 rings (SSSR count). The van der Waals surface area contributed by atoms with E-state index < -0.39 is 0 Å². The van der Waals surface area contributed by atoms with Crippen molar-refractivity contribution in [1.82, 2.24) is 15.0 Å². The van der Waals surface area contributed by atoms with Crippen LogP contribution in [0.2, 0.25) is 0 Å². The van der Waals surface area contributed by atoms with E-state index >= 15 is 0 Å². The number of rotatable bonds is 6. The lowest BCUT2D eigenvalue weighted by molar-refractivity contribution is 0.669. The van der Waals surface area contributed by atoms with E-state index in [1.165, 1.54) is 26.6 Å². The van der Waals surface area contributed by atoms with Crippen molar-refractivity contribution in [2.75, 3.05) is 4.90 Å². The molecule has 10 aromatic rings. The van der Waals surface area contributed by atoms with Gasteiger partial charge in [0.2, 0.25) is 0 Å². The molecular weight excluding hydrogens is 717 g/mol. The molecule has 1 aliphatic rings. The predicted molar refractivity (Wildman–Crippen MR) is 233 cm³/mol. The van der Waals surface area contributed by atoms with Gasteiger partial charge >= 0.3 is 0 Å². The van der Waals surface area contributed by atoms with E-state index in [2.05, 4.69) is 126 Å². The van der Waals surface area contributed by atoms with Crippen LogP contribution in [-0.2, 0) is 0 Å². The van der Waals surface area contributed by atoms with Gasteiger partial charge in [-0.3, -0.25) is 0 Å². The van der Waals surface area contributed by atoms with Gasteiger partial charge in [0.25, 0.3) is 0 Å². The van der Waals surface area contributed by atoms with E-state index in [-0.39, 0.29) is 0 Å². The molecule has 0 bridgehead atoms. The van der Waals surface area contributed by atoms with Crippen molar-refractivity contribution in [1.29, 1.82) is 0 Å². The number of hydrogen-bond donors (Lipinski definition) is 0. The van der Waals surface area contributed by atoms with Gasteiger partial charge in [-0.05, 0) is 76.9 Å². The molecule has 0 unspecified atom stereocenters. The van der Waals surface area contributed by atoms with Gasteiger partial charge in [0.1, 0.15) is 11.2 Å². The number of fused-ring (bicyclic) bond motifs is 5. The number of para-hydroxylation sites is 1. The summed E-state index contributed by atoms with van der Waals surface area (Å²) in [6.45, 7) is 0. The summed E-state index contributed by atoms with van der Waals surface area (Å²) >= 11 is 1.82. The molecular formula is C51H32N4OS. The quantitative estimate of drug-likeness (QED) is 0.169. The minimum Gasteiger partial charge on any atom is -0.456 e. The first-order valence-corrected chi connectivity index (χ1v) is 19.7. The fourth-order valence-corrected chi connectivity index (χ4v) is 8.91. The van der Waals surface area contributed by atoms with Crippen LogP contribution in [0, 0.1) is 0 Å². The van der Waals surface area contributed by atoms with E-state index in [4.69, 9.17) is 19.4 Å². The Morgan fingerprint density at radius 3 is 1.51 bits per heavy atom. The monoisotopic (exact) mass is 748 g/mol. The van der Waals surface area contributed by atoms with Gasteiger partial charge in [0, 0.05) is 42.9 Å². The van der Waals surface area contributed by atoms with Crippen LogP contribution in [0.25, 0.3) is 78.4 Å². The lowest BCUT2D eigenvalue weighted by Crippen LogP contribution is -2.14. The third-order valence-electron chi connectivity index (χ3n) is 10.5. The highest BCUT2D eigenvalue weighted by Gasteiger charge is 2.26. The van der Waals surface area contributed by atoms with Crippen LogP contribution in [0.1, 0.15) is 0 Å². The van der Waals surface area contributed by atoms with Gasteiger partial charge in [0.15, 0.2) is 17.5 Å². The molecule has 0 spiro atoms. The fourth-order valence-electron chi connectivity index (χ4n) is 7.78. The van der Waals surface area contributed by atoms with Crippen LogP contribution in [0.15, 0.2) is 208 Å². The summed E-state index contributed by atoms with van der Waals surface area (Å²) in [4.78, 5) is 19.8. The fraction of sp³-hybridized carbons (Fsp3) is 0. The summed E-state index contributed by atoms with van der Waals surface area (Å²) in [5, 5.41) is 1.98. The van der Waals surface area contributed by atoms with E-state index in [1.54, 1.807) is 0 Å². The highest BCUT2D eigenvalue weighted by atomic mass is 32.2. The molecule has 0 saturated carbocycles. The highest BCUT2D eigenvalue weighted by molar-refractivity contribution is 7.99. The molecule has 0 N–H and O–H groups in total. The first kappa shape index (κ1) is 33.1. The maximum Gasteiger partial charge on any atom is 0.164 e. The topological polar surface area (TPSA) is 55.1 Å². The summed E-state index contributed by atoms with van der Waals surface area (Å²) in [6.07, 6.45) is 0. The summed E-state index contributed by atoms with van der Waals surface area (Å²) in [5.41, 5.74) is 12.4. The molecule has 1 aliphatic heterocycles. The van der Waals surface area contributed by atoms with Crippen molar-refractivity contribution < 1.29 is 4.42 Å². The number of nitrogens with zero attached hydrogens (tertiary/aromatic N) is 4. The van der Waals surface area contributed by atoms with Gasteiger partial charge in [-0.2, -0.15) is 0 Å². The Hall–Kier alpha value is -7.28. The molecule has 0 radical (unpaired) electrons. The third kappa shape index (κ3) is 5.95. The minimum absolute atomic E-state index is 0.598. The molecule has 6 heteroatoms. The summed E-state index contributed by atoms with van der Waals surface area (Å²) in [7, 11) is 0. The van der Waals surface area contributed by atoms with Gasteiger partial charge in [-0.1, -0.05) is 151 Å². The molecule has 0 aliphatic carbocycles. The molecule has 268 valence electrons. The van der Waals surface area contributed by atoms with Crippen molar-refractivity contribution in [3.05, 3.63) is 194 Å². The van der Waals surface area contributed by atoms with Crippen LogP contribution in [0.5, 0.6) is 0 Å². The Morgan fingerprint density at radius 1 is 0.386 bits per heavy atom. The third-order valence-corrected chi connectivity index (χ3v) is 11.6. The molecule has 57 heavy (non-hydrogen) atoms. The number of anilines is 3. The number of hydrogen-bond acceptors (Lipinski definition) is 6. The van der Waals surface area contributed by atoms with Crippen molar-refractivity contribution >= 4 is 50.8 Å². The van der Waals surface area contributed by atoms with E-state index in [0.29, 0.717) is 17.5 Å². The normalized spacial score (nSPS) is 12.1. The molecule has 5 nitrogen and oxygen atoms in total. The second-order valence-electron chi connectivity index (χ2n) is 14.0. The van der Waals surface area contributed by atoms with E-state index in [0.717, 1.165) is 61.1 Å². The summed E-state index contributed by atoms with van der Waals surface area (Å²) < 4.78 is 6.49. The van der Waals surface area contributed by atoms with Crippen molar-refractivity contribution in [3.8, 4) is 56.4 Å². The standard InChI is InChI=1S/C51H32N4OS/c1-5-14-33(15-6-1)37-24-27-42-46(31-37)57-47-32-38(25-28-43(47)55(42)39-20-11-4-12-21-39)36-26-29-44-41(30-36)48-40(22-13-23-45(48)56-44)51-53-49(34-16-7-2-8-17-34)52-50(54-51)35-18-9-3-10-19-35/h1-32H. The average Bonchev–Trinajstić information content (AvgIpc) is 3.67. The first-order chi connectivity index (χ1) is 28.2. The van der Waals surface area contributed by atoms with Crippen LogP contribution in [0.3, 0.4) is 0 Å². The van der Waals surface area contributed by atoms with Crippen molar-refractivity contribution in [3.63, 3.8) is 0 Å². The van der Waals surface area contributed by atoms with Gasteiger partial charge in [-0.25, -0.2) is 15.0 Å². The van der Waals surface area contributed by atoms with Crippen molar-refractivity contribution in [2.24, 2.45) is 0 Å². The lowest BCUT2D eigenvalue weighted by atomic mass is 10.00. The second kappa shape index (κ2) is 13.8. The minimum atomic E-state index is 0.598. The number of aromatic nitrogens is 3. The zero-order valence-electron chi connectivity index (χ0n) is 30.6. The Kier molecular flexibility index (Phi) is 8.00. The smallest absolute Gasteiger partial charge is 0.164 e. The SMILES string of the molecule is c1ccc(-c2ccc3c(c2)Sc2cc(-c4ccc5oc6cccc(-c7nc(-c8ccccc8)nc(-c8ccccc8)n7)c6c5c4)ccc2N3c2ccccc2)cc1. The molecule has 0 amide bonds. The maximum absolute atomic E-state index is 6.49. The second-order valence-corrected chi connectivity index (χ2v) is 15.1. The van der Waals surface area contributed by atoms with E-state index in [9.17, 15) is 0 Å².